The average Bonchev–Trinajstić information content (AvgIpc) is 3.24. The Hall–Kier alpha value is -7.02. The zero-order chi connectivity index (χ0) is 36.6. The summed E-state index contributed by atoms with van der Waals surface area (Å²) in [5.41, 5.74) is 14.9. The first-order valence-corrected chi connectivity index (χ1v) is 19.1. The Morgan fingerprint density at radius 3 is 1.31 bits per heavy atom. The van der Waals surface area contributed by atoms with Crippen LogP contribution in [0.5, 0.6) is 0 Å². The van der Waals surface area contributed by atoms with Gasteiger partial charge in [0.15, 0.2) is 0 Å². The van der Waals surface area contributed by atoms with Crippen LogP contribution in [0.1, 0.15) is 44.9 Å². The third kappa shape index (κ3) is 6.09. The molecule has 0 spiro atoms. The maximum absolute atomic E-state index is 2.48. The molecule has 0 fully saturated rings. The Morgan fingerprint density at radius 1 is 0.345 bits per heavy atom. The van der Waals surface area contributed by atoms with Crippen molar-refractivity contribution in [2.45, 2.75) is 5.92 Å². The molecule has 0 nitrogen and oxygen atoms in total. The molecule has 8 aromatic carbocycles. The molecule has 258 valence electrons. The Balaban J connectivity index is 1.44. The normalized spacial score (nSPS) is 18.7. The molecule has 0 heteroatoms. The summed E-state index contributed by atoms with van der Waals surface area (Å²) in [7, 11) is 0. The molecule has 8 aromatic rings. The van der Waals surface area contributed by atoms with E-state index in [1.165, 1.54) is 93.6 Å². The van der Waals surface area contributed by atoms with Gasteiger partial charge in [0.2, 0.25) is 0 Å². The van der Waals surface area contributed by atoms with Gasteiger partial charge in [0.1, 0.15) is 0 Å². The summed E-state index contributed by atoms with van der Waals surface area (Å²) in [4.78, 5) is 0. The van der Waals surface area contributed by atoms with Crippen molar-refractivity contribution in [3.63, 3.8) is 0 Å². The number of fused-ring (bicyclic) bond motifs is 2. The predicted octanol–water partition coefficient (Wildman–Crippen LogP) is 13.5. The van der Waals surface area contributed by atoms with E-state index in [1.807, 2.05) is 0 Å². The van der Waals surface area contributed by atoms with Crippen LogP contribution in [0, 0.1) is 0 Å². The van der Waals surface area contributed by atoms with E-state index in [2.05, 4.69) is 225 Å². The second-order valence-corrected chi connectivity index (χ2v) is 14.5. The molecule has 0 aliphatic heterocycles. The van der Waals surface area contributed by atoms with Crippen LogP contribution in [0.3, 0.4) is 0 Å². The number of allylic oxidation sites excluding steroid dienone is 5. The summed E-state index contributed by atoms with van der Waals surface area (Å²) in [6.07, 6.45) is 14.6. The molecule has 1 unspecified atom stereocenters. The first-order valence-electron chi connectivity index (χ1n) is 19.1. The van der Waals surface area contributed by atoms with Crippen molar-refractivity contribution in [2.75, 3.05) is 0 Å². The van der Waals surface area contributed by atoms with E-state index in [4.69, 9.17) is 0 Å². The van der Waals surface area contributed by atoms with Crippen molar-refractivity contribution in [1.29, 1.82) is 0 Å². The number of hydrogen-bond acceptors (Lipinski definition) is 0. The summed E-state index contributed by atoms with van der Waals surface area (Å²) < 4.78 is 0. The van der Waals surface area contributed by atoms with Crippen LogP contribution in [0.15, 0.2) is 210 Å². The van der Waals surface area contributed by atoms with Gasteiger partial charge in [-0.05, 0) is 118 Å². The van der Waals surface area contributed by atoms with Crippen molar-refractivity contribution < 1.29 is 0 Å². The van der Waals surface area contributed by atoms with Crippen LogP contribution >= 0.6 is 0 Å². The van der Waals surface area contributed by atoms with E-state index in [1.54, 1.807) is 0 Å². The van der Waals surface area contributed by atoms with E-state index in [0.29, 0.717) is 0 Å². The molecule has 0 saturated heterocycles. The molecule has 2 aliphatic rings. The number of benzene rings is 8. The van der Waals surface area contributed by atoms with E-state index in [-0.39, 0.29) is 5.92 Å². The predicted molar refractivity (Wildman–Crippen MR) is 236 cm³/mol. The minimum atomic E-state index is -0.0585. The van der Waals surface area contributed by atoms with Crippen LogP contribution in [0.4, 0.5) is 0 Å². The standard InChI is InChI=1S/C55H38/c1-6-18-38(19-7-1)32-44-37-51-45-30-16-28-43-29-17-31-46(52(43)45)53-49(35-41-24-12-4-13-25-41)48(34-40-22-10-3-11-23-40)50(36-42-26-14-5-15-27-42)54(55(51)53)47(44)33-39-20-8-2-9-21-39/h1-37,54H. The van der Waals surface area contributed by atoms with Gasteiger partial charge >= 0.3 is 0 Å². The van der Waals surface area contributed by atoms with E-state index in [9.17, 15) is 0 Å². The lowest BCUT2D eigenvalue weighted by Crippen LogP contribution is -2.29. The fourth-order valence-electron chi connectivity index (χ4n) is 8.66. The molecule has 0 amide bonds. The summed E-state index contributed by atoms with van der Waals surface area (Å²) in [6.45, 7) is 0. The quantitative estimate of drug-likeness (QED) is 0.168. The second-order valence-electron chi connectivity index (χ2n) is 14.5. The highest BCUT2D eigenvalue weighted by Crippen LogP contribution is 2.55. The first-order chi connectivity index (χ1) is 27.3. The van der Waals surface area contributed by atoms with Gasteiger partial charge in [0.05, 0.1) is 0 Å². The highest BCUT2D eigenvalue weighted by atomic mass is 14.4. The van der Waals surface area contributed by atoms with Crippen LogP contribution in [0.25, 0.3) is 63.6 Å². The third-order valence-corrected chi connectivity index (χ3v) is 11.0. The molecule has 0 radical (unpaired) electrons. The number of hydrogen-bond donors (Lipinski definition) is 0. The van der Waals surface area contributed by atoms with Gasteiger partial charge in [0, 0.05) is 5.92 Å². The zero-order valence-electron chi connectivity index (χ0n) is 30.4. The molecular weight excluding hydrogens is 661 g/mol. The van der Waals surface area contributed by atoms with E-state index in [0.717, 1.165) is 0 Å². The molecule has 0 heterocycles. The second kappa shape index (κ2) is 14.1. The van der Waals surface area contributed by atoms with Gasteiger partial charge in [-0.15, -0.1) is 0 Å². The summed E-state index contributed by atoms with van der Waals surface area (Å²) >= 11 is 0. The highest BCUT2D eigenvalue weighted by Gasteiger charge is 2.39. The maximum Gasteiger partial charge on any atom is 0.0365 e. The monoisotopic (exact) mass is 698 g/mol. The minimum Gasteiger partial charge on any atom is -0.0622 e. The minimum absolute atomic E-state index is 0.0585. The Labute approximate surface area is 322 Å². The fourth-order valence-corrected chi connectivity index (χ4v) is 8.66. The smallest absolute Gasteiger partial charge is 0.0365 e. The third-order valence-electron chi connectivity index (χ3n) is 11.0. The highest BCUT2D eigenvalue weighted by molar-refractivity contribution is 6.19. The molecule has 10 rings (SSSR count). The van der Waals surface area contributed by atoms with Crippen molar-refractivity contribution >= 4 is 63.6 Å². The molecule has 55 heavy (non-hydrogen) atoms. The summed E-state index contributed by atoms with van der Waals surface area (Å²) in [5, 5.41) is 6.46. The van der Waals surface area contributed by atoms with Crippen molar-refractivity contribution in [3.8, 4) is 0 Å². The summed E-state index contributed by atoms with van der Waals surface area (Å²) in [6, 6.07) is 67.8. The van der Waals surface area contributed by atoms with Gasteiger partial charge in [-0.25, -0.2) is 0 Å². The first kappa shape index (κ1) is 32.6. The molecule has 0 bridgehead atoms. The van der Waals surface area contributed by atoms with Crippen LogP contribution in [0.2, 0.25) is 0 Å². The largest absolute Gasteiger partial charge is 0.0622 e. The van der Waals surface area contributed by atoms with Gasteiger partial charge in [-0.2, -0.15) is 0 Å². The Morgan fingerprint density at radius 2 is 0.782 bits per heavy atom. The van der Waals surface area contributed by atoms with Gasteiger partial charge in [-0.3, -0.25) is 0 Å². The zero-order valence-corrected chi connectivity index (χ0v) is 30.4. The van der Waals surface area contributed by atoms with E-state index >= 15 is 0 Å². The van der Waals surface area contributed by atoms with Crippen molar-refractivity contribution in [1.82, 2.24) is 0 Å². The molecule has 1 atom stereocenters. The lowest BCUT2D eigenvalue weighted by atomic mass is 9.63. The molecule has 0 aromatic heterocycles. The molecular formula is C55H38. The number of rotatable bonds is 5. The SMILES string of the molecule is C(=C1C=c2c3c(c4cccc5cccc2c54)C(=Cc2ccccc2)C(=Cc2ccccc2)C(=Cc2ccccc2)C3C1=Cc1ccccc1)c1ccccc1. The summed E-state index contributed by atoms with van der Waals surface area (Å²) in [5.74, 6) is -0.0585. The Kier molecular flexibility index (Phi) is 8.35. The van der Waals surface area contributed by atoms with Crippen LogP contribution in [-0.2, 0) is 0 Å². The molecule has 0 saturated carbocycles. The lowest BCUT2D eigenvalue weighted by Gasteiger charge is -2.39. The topological polar surface area (TPSA) is 0 Å². The van der Waals surface area contributed by atoms with Crippen LogP contribution < -0.4 is 5.22 Å². The van der Waals surface area contributed by atoms with Crippen molar-refractivity contribution in [2.24, 2.45) is 0 Å². The maximum atomic E-state index is 2.48. The Bertz CT molecular complexity index is 2900. The average molecular weight is 699 g/mol. The van der Waals surface area contributed by atoms with Gasteiger partial charge in [0.25, 0.3) is 0 Å². The van der Waals surface area contributed by atoms with Gasteiger partial charge < -0.3 is 0 Å². The van der Waals surface area contributed by atoms with E-state index < -0.39 is 0 Å². The van der Waals surface area contributed by atoms with Crippen LogP contribution in [-0.4, -0.2) is 0 Å². The van der Waals surface area contributed by atoms with Crippen molar-refractivity contribution in [3.05, 3.63) is 255 Å². The lowest BCUT2D eigenvalue weighted by molar-refractivity contribution is 0.938. The fraction of sp³-hybridized carbons (Fsp3) is 0.0182. The van der Waals surface area contributed by atoms with Gasteiger partial charge in [-0.1, -0.05) is 200 Å². The molecule has 2 aliphatic carbocycles. The molecule has 0 N–H and O–H groups in total.